The minimum atomic E-state index is -0.147. The normalized spacial score (nSPS) is 13.7. The van der Waals surface area contributed by atoms with Gasteiger partial charge in [0.2, 0.25) is 5.88 Å². The van der Waals surface area contributed by atoms with Crippen molar-refractivity contribution in [2.45, 2.75) is 6.42 Å². The van der Waals surface area contributed by atoms with Crippen molar-refractivity contribution in [2.24, 2.45) is 0 Å². The Labute approximate surface area is 184 Å². The largest absolute Gasteiger partial charge is 0.496 e. The number of fused-ring (bicyclic) bond motifs is 1. The lowest BCUT2D eigenvalue weighted by Gasteiger charge is -2.15. The second kappa shape index (κ2) is 8.28. The van der Waals surface area contributed by atoms with Gasteiger partial charge < -0.3 is 15.2 Å². The van der Waals surface area contributed by atoms with Gasteiger partial charge in [0, 0.05) is 36.6 Å². The summed E-state index contributed by atoms with van der Waals surface area (Å²) in [6, 6.07) is 14.5. The fraction of sp³-hybridized carbons (Fsp3) is 0.160. The van der Waals surface area contributed by atoms with Gasteiger partial charge in [0.15, 0.2) is 0 Å². The van der Waals surface area contributed by atoms with E-state index < -0.39 is 0 Å². The first-order valence-electron chi connectivity index (χ1n) is 10.4. The van der Waals surface area contributed by atoms with E-state index >= 15 is 0 Å². The van der Waals surface area contributed by atoms with E-state index in [0.717, 1.165) is 41.8 Å². The number of aromatic nitrogens is 3. The molecule has 0 radical (unpaired) electrons. The van der Waals surface area contributed by atoms with Crippen molar-refractivity contribution in [3.8, 4) is 34.0 Å². The number of rotatable bonds is 4. The molecule has 4 aromatic rings. The molecule has 1 aliphatic rings. The van der Waals surface area contributed by atoms with Gasteiger partial charge in [-0.25, -0.2) is 9.97 Å². The lowest BCUT2D eigenvalue weighted by molar-refractivity contribution is 0.416. The van der Waals surface area contributed by atoms with Crippen molar-refractivity contribution in [3.63, 3.8) is 0 Å². The van der Waals surface area contributed by atoms with Gasteiger partial charge in [0.25, 0.3) is 5.56 Å². The summed E-state index contributed by atoms with van der Waals surface area (Å²) in [6.45, 7) is 1.78. The average Bonchev–Trinajstić information content (AvgIpc) is 2.84. The Kier molecular flexibility index (Phi) is 5.17. The summed E-state index contributed by atoms with van der Waals surface area (Å²) in [7, 11) is 1.58. The second-order valence-electron chi connectivity index (χ2n) is 7.63. The molecule has 0 saturated heterocycles. The highest BCUT2D eigenvalue weighted by Crippen LogP contribution is 2.33. The van der Waals surface area contributed by atoms with Crippen molar-refractivity contribution in [1.82, 2.24) is 19.7 Å². The molecule has 5 rings (SSSR count). The van der Waals surface area contributed by atoms with E-state index in [-0.39, 0.29) is 11.4 Å². The predicted molar refractivity (Wildman–Crippen MR) is 124 cm³/mol. The fourth-order valence-corrected chi connectivity index (χ4v) is 4.00. The summed E-state index contributed by atoms with van der Waals surface area (Å²) in [4.78, 5) is 21.5. The van der Waals surface area contributed by atoms with Crippen LogP contribution < -0.4 is 15.6 Å². The number of methoxy groups -OCH3 is 1. The van der Waals surface area contributed by atoms with Crippen LogP contribution in [0.2, 0.25) is 0 Å². The maximum atomic E-state index is 12.9. The van der Waals surface area contributed by atoms with E-state index in [1.165, 1.54) is 11.6 Å². The first-order valence-corrected chi connectivity index (χ1v) is 10.4. The molecule has 0 unspecified atom stereocenters. The highest BCUT2D eigenvalue weighted by atomic mass is 16.5. The van der Waals surface area contributed by atoms with E-state index in [4.69, 9.17) is 9.72 Å². The van der Waals surface area contributed by atoms with Crippen LogP contribution in [0.4, 0.5) is 0 Å². The fourth-order valence-electron chi connectivity index (χ4n) is 4.00. The molecular formula is C25H22N4O3. The minimum absolute atomic E-state index is 0.0469. The van der Waals surface area contributed by atoms with Crippen LogP contribution in [0.5, 0.6) is 11.6 Å². The van der Waals surface area contributed by atoms with Crippen LogP contribution in [-0.4, -0.2) is 39.7 Å². The number of ether oxygens (including phenoxy) is 1. The lowest BCUT2D eigenvalue weighted by atomic mass is 10.0. The minimum Gasteiger partial charge on any atom is -0.496 e. The monoisotopic (exact) mass is 426 g/mol. The molecule has 0 atom stereocenters. The Hall–Kier alpha value is -3.97. The summed E-state index contributed by atoms with van der Waals surface area (Å²) in [5.41, 5.74) is 5.65. The third kappa shape index (κ3) is 3.74. The molecular weight excluding hydrogens is 404 g/mol. The number of hydrogen-bond acceptors (Lipinski definition) is 6. The quantitative estimate of drug-likeness (QED) is 0.519. The molecule has 2 N–H and O–H groups in total. The molecule has 3 aromatic heterocycles. The smallest absolute Gasteiger partial charge is 0.258 e. The van der Waals surface area contributed by atoms with Gasteiger partial charge in [-0.1, -0.05) is 12.1 Å². The molecule has 7 heteroatoms. The number of aromatic hydroxyl groups is 1. The first-order chi connectivity index (χ1) is 15.6. The maximum absolute atomic E-state index is 12.9. The molecule has 1 aliphatic heterocycles. The molecule has 7 nitrogen and oxygen atoms in total. The molecule has 4 heterocycles. The number of benzene rings is 1. The zero-order valence-electron chi connectivity index (χ0n) is 17.6. The van der Waals surface area contributed by atoms with E-state index in [1.807, 2.05) is 42.6 Å². The number of hydrogen-bond donors (Lipinski definition) is 2. The summed E-state index contributed by atoms with van der Waals surface area (Å²) in [5.74, 6) is 0.543. The lowest BCUT2D eigenvalue weighted by Crippen LogP contribution is -2.20. The van der Waals surface area contributed by atoms with Crippen LogP contribution in [-0.2, 0) is 0 Å². The molecule has 1 aromatic carbocycles. The molecule has 32 heavy (non-hydrogen) atoms. The topological polar surface area (TPSA) is 88.8 Å². The Morgan fingerprint density at radius 1 is 1.06 bits per heavy atom. The van der Waals surface area contributed by atoms with E-state index in [9.17, 15) is 9.90 Å². The third-order valence-electron chi connectivity index (χ3n) is 5.65. The van der Waals surface area contributed by atoms with Crippen LogP contribution in [0.3, 0.4) is 0 Å². The Morgan fingerprint density at radius 3 is 2.69 bits per heavy atom. The summed E-state index contributed by atoms with van der Waals surface area (Å²) in [5, 5.41) is 13.0. The molecule has 0 amide bonds. The number of nitrogens with one attached hydrogen (secondary N) is 1. The highest BCUT2D eigenvalue weighted by Gasteiger charge is 2.13. The van der Waals surface area contributed by atoms with Gasteiger partial charge >= 0.3 is 0 Å². The van der Waals surface area contributed by atoms with Crippen LogP contribution in [0, 0.1) is 0 Å². The highest BCUT2D eigenvalue weighted by molar-refractivity contribution is 5.76. The van der Waals surface area contributed by atoms with Crippen LogP contribution in [0.15, 0.2) is 71.8 Å². The van der Waals surface area contributed by atoms with Gasteiger partial charge in [0.05, 0.1) is 12.8 Å². The summed E-state index contributed by atoms with van der Waals surface area (Å²) < 4.78 is 7.19. The maximum Gasteiger partial charge on any atom is 0.258 e. The zero-order valence-corrected chi connectivity index (χ0v) is 17.6. The Bertz CT molecular complexity index is 1410. The molecule has 0 spiro atoms. The van der Waals surface area contributed by atoms with Crippen molar-refractivity contribution >= 4 is 11.2 Å². The van der Waals surface area contributed by atoms with Crippen molar-refractivity contribution in [1.29, 1.82) is 0 Å². The first kappa shape index (κ1) is 20.0. The molecule has 160 valence electrons. The van der Waals surface area contributed by atoms with Crippen molar-refractivity contribution in [3.05, 3.63) is 82.9 Å². The van der Waals surface area contributed by atoms with Gasteiger partial charge in [0.1, 0.15) is 11.4 Å². The van der Waals surface area contributed by atoms with E-state index in [1.54, 1.807) is 23.8 Å². The van der Waals surface area contributed by atoms with Gasteiger partial charge in [-0.3, -0.25) is 9.20 Å². The van der Waals surface area contributed by atoms with Crippen molar-refractivity contribution < 1.29 is 9.84 Å². The Balaban J connectivity index is 1.57. The van der Waals surface area contributed by atoms with Gasteiger partial charge in [-0.15, -0.1) is 0 Å². The van der Waals surface area contributed by atoms with Gasteiger partial charge in [-0.05, 0) is 65.6 Å². The van der Waals surface area contributed by atoms with Gasteiger partial charge in [-0.2, -0.15) is 0 Å². The second-order valence-corrected chi connectivity index (χ2v) is 7.63. The molecule has 0 bridgehead atoms. The predicted octanol–water partition coefficient (Wildman–Crippen LogP) is 3.51. The van der Waals surface area contributed by atoms with Crippen LogP contribution in [0.25, 0.3) is 33.6 Å². The molecule has 0 aliphatic carbocycles. The molecule has 0 saturated carbocycles. The number of pyridine rings is 2. The third-order valence-corrected chi connectivity index (χ3v) is 5.65. The van der Waals surface area contributed by atoms with Crippen LogP contribution in [0.1, 0.15) is 12.0 Å². The standard InChI is InChI=1S/C25H22N4O3/c1-32-22-12-17(18-8-11-27-24(30)13-18)2-4-20(22)21-14-25(31)29-15-19(3-5-23(29)28-21)16-6-9-26-10-7-16/h2-6,8,11-15,26H,7,9-10H2,1H3,(H,27,30). The summed E-state index contributed by atoms with van der Waals surface area (Å²) >= 11 is 0. The molecule has 0 fully saturated rings. The van der Waals surface area contributed by atoms with Crippen LogP contribution >= 0.6 is 0 Å². The zero-order chi connectivity index (χ0) is 22.1. The summed E-state index contributed by atoms with van der Waals surface area (Å²) in [6.07, 6.45) is 6.50. The SMILES string of the molecule is COc1cc(-c2ccnc(O)c2)ccc1-c1cc(=O)n2cc(C3=CCNCC3)ccc2n1. The Morgan fingerprint density at radius 2 is 1.91 bits per heavy atom. The van der Waals surface area contributed by atoms with E-state index in [2.05, 4.69) is 16.4 Å². The number of nitrogens with zero attached hydrogens (tertiary/aromatic N) is 3. The van der Waals surface area contributed by atoms with Crippen molar-refractivity contribution in [2.75, 3.05) is 20.2 Å². The average molecular weight is 426 g/mol. The van der Waals surface area contributed by atoms with E-state index in [0.29, 0.717) is 17.1 Å².